The standard InChI is InChI=1S/C19H27N3O3S/c1-15-4-5-18(25-15)14-21-11-16(12-22-10-2-3-17(22)13-21)8-9-20-26(23,24)19-6-7-19/h2-5,10,16,19-20H,6-9,11-14H2,1H3/t16-/m1/s1. The molecule has 0 amide bonds. The minimum absolute atomic E-state index is 0.147. The fraction of sp³-hybridized carbons (Fsp3) is 0.579. The Labute approximate surface area is 155 Å². The number of aryl methyl sites for hydroxylation is 1. The van der Waals surface area contributed by atoms with Crippen LogP contribution in [0.5, 0.6) is 0 Å². The zero-order valence-electron chi connectivity index (χ0n) is 15.2. The molecule has 7 heteroatoms. The highest BCUT2D eigenvalue weighted by Crippen LogP contribution is 2.27. The lowest BCUT2D eigenvalue weighted by Gasteiger charge is -2.23. The van der Waals surface area contributed by atoms with Gasteiger partial charge in [0.2, 0.25) is 10.0 Å². The third-order valence-electron chi connectivity index (χ3n) is 5.27. The number of nitrogens with zero attached hydrogens (tertiary/aromatic N) is 2. The van der Waals surface area contributed by atoms with Gasteiger partial charge in [-0.1, -0.05) is 0 Å². The first-order valence-corrected chi connectivity index (χ1v) is 10.9. The lowest BCUT2D eigenvalue weighted by atomic mass is 10.1. The maximum absolute atomic E-state index is 12.0. The van der Waals surface area contributed by atoms with E-state index in [1.54, 1.807) is 0 Å². The van der Waals surface area contributed by atoms with Crippen LogP contribution in [0, 0.1) is 12.8 Å². The quantitative estimate of drug-likeness (QED) is 0.805. The van der Waals surface area contributed by atoms with E-state index >= 15 is 0 Å². The second kappa shape index (κ2) is 7.21. The van der Waals surface area contributed by atoms with Gasteiger partial charge in [-0.25, -0.2) is 13.1 Å². The monoisotopic (exact) mass is 377 g/mol. The fourth-order valence-corrected chi connectivity index (χ4v) is 5.16. The van der Waals surface area contributed by atoms with Gasteiger partial charge >= 0.3 is 0 Å². The van der Waals surface area contributed by atoms with Crippen LogP contribution in [0.2, 0.25) is 0 Å². The normalized spacial score (nSPS) is 21.5. The molecule has 1 N–H and O–H groups in total. The van der Waals surface area contributed by atoms with Crippen LogP contribution in [0.3, 0.4) is 0 Å². The summed E-state index contributed by atoms with van der Waals surface area (Å²) in [6, 6.07) is 8.29. The fourth-order valence-electron chi connectivity index (χ4n) is 3.76. The third-order valence-corrected chi connectivity index (χ3v) is 7.23. The number of hydrogen-bond donors (Lipinski definition) is 1. The zero-order valence-corrected chi connectivity index (χ0v) is 16.0. The molecule has 0 radical (unpaired) electrons. The summed E-state index contributed by atoms with van der Waals surface area (Å²) in [6.45, 7) is 6.02. The molecule has 2 aromatic heterocycles. The molecular weight excluding hydrogens is 350 g/mol. The van der Waals surface area contributed by atoms with Crippen LogP contribution in [-0.4, -0.2) is 36.2 Å². The predicted molar refractivity (Wildman–Crippen MR) is 100 cm³/mol. The summed E-state index contributed by atoms with van der Waals surface area (Å²) >= 11 is 0. The Balaban J connectivity index is 1.40. The molecule has 3 heterocycles. The van der Waals surface area contributed by atoms with E-state index in [2.05, 4.69) is 32.5 Å². The van der Waals surface area contributed by atoms with Crippen molar-refractivity contribution >= 4 is 10.0 Å². The molecule has 1 fully saturated rings. The predicted octanol–water partition coefficient (Wildman–Crippen LogP) is 2.49. The molecule has 2 aliphatic rings. The summed E-state index contributed by atoms with van der Waals surface area (Å²) in [5.74, 6) is 2.32. The molecular formula is C19H27N3O3S. The van der Waals surface area contributed by atoms with E-state index in [1.807, 2.05) is 19.1 Å². The first-order chi connectivity index (χ1) is 12.5. The molecule has 6 nitrogen and oxygen atoms in total. The molecule has 1 aliphatic heterocycles. The highest BCUT2D eigenvalue weighted by molar-refractivity contribution is 7.90. The second-order valence-corrected chi connectivity index (χ2v) is 9.67. The minimum Gasteiger partial charge on any atom is -0.465 e. The van der Waals surface area contributed by atoms with Crippen LogP contribution in [0.15, 0.2) is 34.9 Å². The number of aromatic nitrogens is 1. The van der Waals surface area contributed by atoms with Gasteiger partial charge in [-0.05, 0) is 56.4 Å². The van der Waals surface area contributed by atoms with Crippen molar-refractivity contribution in [3.05, 3.63) is 47.7 Å². The number of sulfonamides is 1. The van der Waals surface area contributed by atoms with Crippen LogP contribution in [0.25, 0.3) is 0 Å². The van der Waals surface area contributed by atoms with E-state index in [0.29, 0.717) is 12.5 Å². The van der Waals surface area contributed by atoms with Gasteiger partial charge in [-0.15, -0.1) is 0 Å². The van der Waals surface area contributed by atoms with Gasteiger partial charge in [0.1, 0.15) is 11.5 Å². The van der Waals surface area contributed by atoms with Crippen LogP contribution in [0.1, 0.15) is 36.5 Å². The Morgan fingerprint density at radius 3 is 2.81 bits per heavy atom. The topological polar surface area (TPSA) is 67.5 Å². The van der Waals surface area contributed by atoms with Gasteiger partial charge < -0.3 is 8.98 Å². The third kappa shape index (κ3) is 4.22. The molecule has 1 aliphatic carbocycles. The molecule has 1 saturated carbocycles. The summed E-state index contributed by atoms with van der Waals surface area (Å²) in [5, 5.41) is -0.147. The van der Waals surface area contributed by atoms with Crippen molar-refractivity contribution < 1.29 is 12.8 Å². The minimum atomic E-state index is -3.09. The summed E-state index contributed by atoms with van der Waals surface area (Å²) in [6.07, 6.45) is 4.58. The van der Waals surface area contributed by atoms with Crippen molar-refractivity contribution in [2.24, 2.45) is 5.92 Å². The number of fused-ring (bicyclic) bond motifs is 1. The Kier molecular flexibility index (Phi) is 4.94. The average Bonchev–Trinajstić information content (AvgIpc) is 3.29. The summed E-state index contributed by atoms with van der Waals surface area (Å²) in [5.41, 5.74) is 1.30. The number of nitrogens with one attached hydrogen (secondary N) is 1. The van der Waals surface area contributed by atoms with Gasteiger partial charge in [0.25, 0.3) is 0 Å². The van der Waals surface area contributed by atoms with Crippen molar-refractivity contribution in [2.45, 2.75) is 51.1 Å². The van der Waals surface area contributed by atoms with Crippen LogP contribution in [0.4, 0.5) is 0 Å². The zero-order chi connectivity index (χ0) is 18.1. The SMILES string of the molecule is Cc1ccc(CN2Cc3cccn3C[C@H](CCNS(=O)(=O)C3CC3)C2)o1. The molecule has 26 heavy (non-hydrogen) atoms. The van der Waals surface area contributed by atoms with E-state index in [4.69, 9.17) is 4.42 Å². The summed E-state index contributed by atoms with van der Waals surface area (Å²) < 4.78 is 34.9. The maximum Gasteiger partial charge on any atom is 0.214 e. The largest absolute Gasteiger partial charge is 0.465 e. The van der Waals surface area contributed by atoms with Gasteiger partial charge in [0.15, 0.2) is 0 Å². The molecule has 0 spiro atoms. The molecule has 1 atom stereocenters. The Morgan fingerprint density at radius 2 is 2.08 bits per heavy atom. The van der Waals surface area contributed by atoms with Crippen molar-refractivity contribution in [1.82, 2.24) is 14.2 Å². The van der Waals surface area contributed by atoms with Crippen molar-refractivity contribution in [2.75, 3.05) is 13.1 Å². The highest BCUT2D eigenvalue weighted by Gasteiger charge is 2.35. The first kappa shape index (κ1) is 17.8. The van der Waals surface area contributed by atoms with E-state index < -0.39 is 10.0 Å². The van der Waals surface area contributed by atoms with Gasteiger partial charge in [0, 0.05) is 38.1 Å². The smallest absolute Gasteiger partial charge is 0.214 e. The Morgan fingerprint density at radius 1 is 1.23 bits per heavy atom. The summed E-state index contributed by atoms with van der Waals surface area (Å²) in [7, 11) is -3.09. The summed E-state index contributed by atoms with van der Waals surface area (Å²) in [4.78, 5) is 2.40. The maximum atomic E-state index is 12.0. The van der Waals surface area contributed by atoms with Gasteiger partial charge in [-0.3, -0.25) is 4.90 Å². The lowest BCUT2D eigenvalue weighted by Crippen LogP contribution is -2.32. The molecule has 0 bridgehead atoms. The highest BCUT2D eigenvalue weighted by atomic mass is 32.2. The van der Waals surface area contributed by atoms with Gasteiger partial charge in [-0.2, -0.15) is 0 Å². The average molecular weight is 378 g/mol. The number of hydrogen-bond acceptors (Lipinski definition) is 4. The van der Waals surface area contributed by atoms with Crippen LogP contribution in [-0.2, 0) is 29.7 Å². The van der Waals surface area contributed by atoms with Crippen molar-refractivity contribution in [1.29, 1.82) is 0 Å². The van der Waals surface area contributed by atoms with Crippen LogP contribution >= 0.6 is 0 Å². The second-order valence-electron chi connectivity index (χ2n) is 7.63. The molecule has 0 saturated heterocycles. The number of furan rings is 1. The Bertz CT molecular complexity index is 851. The molecule has 4 rings (SSSR count). The van der Waals surface area contributed by atoms with Crippen molar-refractivity contribution in [3.8, 4) is 0 Å². The molecule has 0 aromatic carbocycles. The van der Waals surface area contributed by atoms with E-state index in [-0.39, 0.29) is 5.25 Å². The first-order valence-electron chi connectivity index (χ1n) is 9.40. The molecule has 142 valence electrons. The lowest BCUT2D eigenvalue weighted by molar-refractivity contribution is 0.200. The van der Waals surface area contributed by atoms with E-state index in [0.717, 1.165) is 57.0 Å². The number of rotatable bonds is 7. The van der Waals surface area contributed by atoms with E-state index in [1.165, 1.54) is 5.69 Å². The van der Waals surface area contributed by atoms with Crippen LogP contribution < -0.4 is 4.72 Å². The Hall–Kier alpha value is -1.57. The van der Waals surface area contributed by atoms with Gasteiger partial charge in [0.05, 0.1) is 11.8 Å². The molecule has 0 unspecified atom stereocenters. The van der Waals surface area contributed by atoms with Crippen molar-refractivity contribution in [3.63, 3.8) is 0 Å². The van der Waals surface area contributed by atoms with E-state index in [9.17, 15) is 8.42 Å². The molecule has 2 aromatic rings.